The number of benzene rings is 1. The minimum absolute atomic E-state index is 0.0542. The third-order valence-electron chi connectivity index (χ3n) is 2.13. The van der Waals surface area contributed by atoms with Gasteiger partial charge < -0.3 is 4.42 Å². The van der Waals surface area contributed by atoms with Crippen LogP contribution in [0.15, 0.2) is 28.7 Å². The normalized spacial score (nSPS) is 13.3. The molecule has 0 atom stereocenters. The van der Waals surface area contributed by atoms with E-state index in [1.807, 2.05) is 0 Å². The van der Waals surface area contributed by atoms with Gasteiger partial charge in [0.25, 0.3) is 0 Å². The van der Waals surface area contributed by atoms with Crippen LogP contribution >= 0.6 is 0 Å². The lowest BCUT2D eigenvalue weighted by Gasteiger charge is -2.20. The van der Waals surface area contributed by atoms with E-state index in [-0.39, 0.29) is 11.0 Å². The second kappa shape index (κ2) is 3.20. The molecule has 85 valence electrons. The van der Waals surface area contributed by atoms with Crippen molar-refractivity contribution in [3.05, 3.63) is 36.1 Å². The quantitative estimate of drug-likeness (QED) is 0.683. The molecule has 0 aliphatic rings. The number of hydrogen-bond donors (Lipinski definition) is 0. The summed E-state index contributed by atoms with van der Waals surface area (Å²) in [6.07, 6.45) is -3.50. The molecule has 0 bridgehead atoms. The predicted octanol–water partition coefficient (Wildman–Crippen LogP) is 3.89. The second-order valence-electron chi connectivity index (χ2n) is 3.15. The molecular formula is C10H4F5O. The van der Waals surface area contributed by atoms with Crippen LogP contribution in [0.3, 0.4) is 0 Å². The highest BCUT2D eigenvalue weighted by Gasteiger charge is 2.59. The van der Waals surface area contributed by atoms with E-state index in [1.54, 1.807) is 0 Å². The van der Waals surface area contributed by atoms with Crippen LogP contribution < -0.4 is 0 Å². The maximum atomic E-state index is 13.1. The Balaban J connectivity index is 2.68. The summed E-state index contributed by atoms with van der Waals surface area (Å²) in [6, 6.07) is 4.06. The summed E-state index contributed by atoms with van der Waals surface area (Å²) in [4.78, 5) is 0. The average molecular weight is 235 g/mol. The molecule has 16 heavy (non-hydrogen) atoms. The molecule has 6 heteroatoms. The zero-order chi connectivity index (χ0) is 12.0. The molecule has 0 fully saturated rings. The number of furan rings is 1. The molecule has 1 aromatic carbocycles. The van der Waals surface area contributed by atoms with E-state index in [1.165, 1.54) is 6.07 Å². The Morgan fingerprint density at radius 2 is 1.75 bits per heavy atom. The first-order valence-electron chi connectivity index (χ1n) is 4.17. The van der Waals surface area contributed by atoms with Crippen LogP contribution in [0.1, 0.15) is 5.56 Å². The van der Waals surface area contributed by atoms with Crippen molar-refractivity contribution in [1.82, 2.24) is 0 Å². The molecule has 1 nitrogen and oxygen atoms in total. The Bertz CT molecular complexity index is 511. The van der Waals surface area contributed by atoms with Gasteiger partial charge in [-0.3, -0.25) is 0 Å². The van der Waals surface area contributed by atoms with Crippen LogP contribution in [-0.4, -0.2) is 6.18 Å². The molecular weight excluding hydrogens is 231 g/mol. The van der Waals surface area contributed by atoms with Crippen LogP contribution in [0.4, 0.5) is 22.0 Å². The van der Waals surface area contributed by atoms with Gasteiger partial charge in [-0.15, -0.1) is 0 Å². The molecule has 1 aromatic heterocycles. The van der Waals surface area contributed by atoms with E-state index in [4.69, 9.17) is 0 Å². The van der Waals surface area contributed by atoms with Gasteiger partial charge in [-0.05, 0) is 12.1 Å². The van der Waals surface area contributed by atoms with E-state index in [0.29, 0.717) is 0 Å². The van der Waals surface area contributed by atoms with Crippen LogP contribution in [-0.2, 0) is 5.92 Å². The first-order chi connectivity index (χ1) is 7.34. The van der Waals surface area contributed by atoms with E-state index >= 15 is 0 Å². The number of fused-ring (bicyclic) bond motifs is 1. The van der Waals surface area contributed by atoms with Gasteiger partial charge in [-0.1, -0.05) is 12.1 Å². The number of halogens is 5. The molecule has 0 unspecified atom stereocenters. The van der Waals surface area contributed by atoms with Crippen LogP contribution in [0.2, 0.25) is 0 Å². The topological polar surface area (TPSA) is 13.1 Å². The standard InChI is InChI=1S/C10H4F5O/c11-9(12,10(13,14)15)7-2-1-3-8-6(7)4-5-16-8/h1-4H. The van der Waals surface area contributed by atoms with Gasteiger partial charge in [0.15, 0.2) is 6.26 Å². The molecule has 0 N–H and O–H groups in total. The molecule has 1 heterocycles. The van der Waals surface area contributed by atoms with Gasteiger partial charge in [0.1, 0.15) is 5.58 Å². The van der Waals surface area contributed by atoms with Crippen molar-refractivity contribution < 1.29 is 26.4 Å². The third-order valence-corrected chi connectivity index (χ3v) is 2.13. The third kappa shape index (κ3) is 1.45. The van der Waals surface area contributed by atoms with Crippen LogP contribution in [0, 0.1) is 6.26 Å². The Kier molecular flexibility index (Phi) is 2.18. The van der Waals surface area contributed by atoms with Crippen LogP contribution in [0.5, 0.6) is 0 Å². The zero-order valence-corrected chi connectivity index (χ0v) is 7.61. The van der Waals surface area contributed by atoms with Gasteiger partial charge >= 0.3 is 12.1 Å². The molecule has 0 amide bonds. The fourth-order valence-electron chi connectivity index (χ4n) is 1.36. The van der Waals surface area contributed by atoms with E-state index in [0.717, 1.165) is 18.2 Å². The summed E-state index contributed by atoms with van der Waals surface area (Å²) in [6.45, 7) is 0. The van der Waals surface area contributed by atoms with Crippen molar-refractivity contribution in [2.24, 2.45) is 0 Å². The lowest BCUT2D eigenvalue weighted by atomic mass is 10.0. The monoisotopic (exact) mass is 235 g/mol. The van der Waals surface area contributed by atoms with Gasteiger partial charge in [0.05, 0.1) is 0 Å². The highest BCUT2D eigenvalue weighted by Crippen LogP contribution is 2.46. The fraction of sp³-hybridized carbons (Fsp3) is 0.200. The van der Waals surface area contributed by atoms with Crippen molar-refractivity contribution in [2.45, 2.75) is 12.1 Å². The van der Waals surface area contributed by atoms with Crippen LogP contribution in [0.25, 0.3) is 11.0 Å². The summed E-state index contributed by atoms with van der Waals surface area (Å²) < 4.78 is 67.3. The van der Waals surface area contributed by atoms with Crippen molar-refractivity contribution in [3.63, 3.8) is 0 Å². The molecule has 0 spiro atoms. The first kappa shape index (κ1) is 10.9. The first-order valence-corrected chi connectivity index (χ1v) is 4.17. The zero-order valence-electron chi connectivity index (χ0n) is 7.61. The summed E-state index contributed by atoms with van der Waals surface area (Å²) in [5, 5.41) is -0.287. The Hall–Kier alpha value is -1.59. The van der Waals surface area contributed by atoms with Crippen molar-refractivity contribution >= 4 is 11.0 Å². The van der Waals surface area contributed by atoms with E-state index in [9.17, 15) is 22.0 Å². The smallest absolute Gasteiger partial charge is 0.453 e. The minimum Gasteiger partial charge on any atom is -0.453 e. The molecule has 0 aliphatic heterocycles. The van der Waals surface area contributed by atoms with Crippen molar-refractivity contribution in [3.8, 4) is 0 Å². The Morgan fingerprint density at radius 3 is 2.38 bits per heavy atom. The maximum absolute atomic E-state index is 13.1. The second-order valence-corrected chi connectivity index (χ2v) is 3.15. The lowest BCUT2D eigenvalue weighted by molar-refractivity contribution is -0.288. The molecule has 0 saturated carbocycles. The maximum Gasteiger partial charge on any atom is 0.458 e. The lowest BCUT2D eigenvalue weighted by Crippen LogP contribution is -2.33. The molecule has 0 saturated heterocycles. The number of hydrogen-bond acceptors (Lipinski definition) is 1. The fourth-order valence-corrected chi connectivity index (χ4v) is 1.36. The Labute approximate surface area is 86.5 Å². The van der Waals surface area contributed by atoms with Crippen molar-refractivity contribution in [1.29, 1.82) is 0 Å². The average Bonchev–Trinajstić information content (AvgIpc) is 2.62. The largest absolute Gasteiger partial charge is 0.458 e. The highest BCUT2D eigenvalue weighted by atomic mass is 19.4. The summed E-state index contributed by atoms with van der Waals surface area (Å²) in [7, 11) is 0. The molecule has 0 aliphatic carbocycles. The van der Waals surface area contributed by atoms with Gasteiger partial charge in [-0.25, -0.2) is 0 Å². The summed E-state index contributed by atoms with van der Waals surface area (Å²) >= 11 is 0. The minimum atomic E-state index is -5.63. The van der Waals surface area contributed by atoms with Gasteiger partial charge in [0, 0.05) is 10.9 Å². The summed E-state index contributed by atoms with van der Waals surface area (Å²) in [5.41, 5.74) is -1.18. The highest BCUT2D eigenvalue weighted by molar-refractivity contribution is 5.81. The molecule has 2 aromatic rings. The predicted molar refractivity (Wildman–Crippen MR) is 45.0 cm³/mol. The number of rotatable bonds is 1. The molecule has 2 rings (SSSR count). The molecule has 1 radical (unpaired) electrons. The summed E-state index contributed by atoms with van der Waals surface area (Å²) in [5.74, 6) is -4.90. The van der Waals surface area contributed by atoms with E-state index in [2.05, 4.69) is 10.7 Å². The Morgan fingerprint density at radius 1 is 1.06 bits per heavy atom. The van der Waals surface area contributed by atoms with Gasteiger partial charge in [-0.2, -0.15) is 22.0 Å². The van der Waals surface area contributed by atoms with Gasteiger partial charge in [0.2, 0.25) is 0 Å². The number of alkyl halides is 5. The van der Waals surface area contributed by atoms with Crippen molar-refractivity contribution in [2.75, 3.05) is 0 Å². The van der Waals surface area contributed by atoms with E-state index < -0.39 is 17.7 Å². The SMILES string of the molecule is FC(F)(F)C(F)(F)c1cccc2o[c]cc12.